The molecule has 2 heterocycles. The lowest BCUT2D eigenvalue weighted by Crippen LogP contribution is -2.48. The van der Waals surface area contributed by atoms with Crippen molar-refractivity contribution >= 4 is 91.7 Å². The minimum Gasteiger partial charge on any atom is -0.480 e. The van der Waals surface area contributed by atoms with E-state index in [1.54, 1.807) is 24.3 Å². The molecule has 0 radical (unpaired) electrons. The second kappa shape index (κ2) is 25.0. The maximum atomic E-state index is 12.5. The highest BCUT2D eigenvalue weighted by atomic mass is 33.1. The van der Waals surface area contributed by atoms with Crippen LogP contribution in [0.5, 0.6) is 0 Å². The van der Waals surface area contributed by atoms with Crippen molar-refractivity contribution in [2.24, 2.45) is 0 Å². The fraction of sp³-hybridized carbons (Fsp3) is 0.394. The molecule has 0 fully saturated rings. The number of rotatable bonds is 25. The van der Waals surface area contributed by atoms with E-state index >= 15 is 0 Å². The smallest absolute Gasteiger partial charge is 0.327 e. The molecule has 26 heteroatoms. The Morgan fingerprint density at radius 1 is 0.763 bits per heavy atom. The molecule has 1 unspecified atom stereocenters. The van der Waals surface area contributed by atoms with Gasteiger partial charge < -0.3 is 58.5 Å². The first kappa shape index (κ1) is 46.8. The zero-order chi connectivity index (χ0) is 43.2. The minimum atomic E-state index is -1.27. The van der Waals surface area contributed by atoms with Gasteiger partial charge in [0, 0.05) is 35.7 Å². The summed E-state index contributed by atoms with van der Waals surface area (Å²) >= 11 is 0. The summed E-state index contributed by atoms with van der Waals surface area (Å²) in [4.78, 5) is 123. The first-order valence-corrected chi connectivity index (χ1v) is 20.1. The van der Waals surface area contributed by atoms with E-state index in [2.05, 4.69) is 62.5 Å². The number of nitrogen functional groups attached to an aromatic ring is 1. The summed E-state index contributed by atoms with van der Waals surface area (Å²) in [5.41, 5.74) is 6.73. The number of fused-ring (bicyclic) bond motifs is 1. The summed E-state index contributed by atoms with van der Waals surface area (Å²) in [7, 11) is 2.39. The molecule has 0 saturated heterocycles. The summed E-state index contributed by atoms with van der Waals surface area (Å²) in [6.45, 7) is -2.22. The average molecular weight is 862 g/mol. The number of hydrogen-bond acceptors (Lipinski definition) is 17. The van der Waals surface area contributed by atoms with Gasteiger partial charge >= 0.3 is 5.97 Å². The van der Waals surface area contributed by atoms with Crippen LogP contribution in [0.25, 0.3) is 11.2 Å². The number of carbonyl (C=O) groups excluding carboxylic acids is 7. The Hall–Kier alpha value is -6.54. The first-order valence-electron chi connectivity index (χ1n) is 17.6. The van der Waals surface area contributed by atoms with E-state index < -0.39 is 85.7 Å². The number of aromatic nitrogens is 4. The number of anilines is 2. The molecule has 13 N–H and O–H groups in total. The number of nitrogens with zero attached hydrogens (tertiary/aromatic N) is 3. The van der Waals surface area contributed by atoms with Crippen molar-refractivity contribution in [2.45, 2.75) is 25.4 Å². The van der Waals surface area contributed by atoms with Gasteiger partial charge in [-0.3, -0.25) is 43.3 Å². The van der Waals surface area contributed by atoms with Crippen LogP contribution in [0, 0.1) is 0 Å². The molecule has 3 aromatic rings. The highest BCUT2D eigenvalue weighted by Gasteiger charge is 2.20. The molecule has 59 heavy (non-hydrogen) atoms. The normalized spacial score (nSPS) is 11.1. The lowest BCUT2D eigenvalue weighted by Gasteiger charge is -2.14. The monoisotopic (exact) mass is 861 g/mol. The number of carboxylic acids is 1. The highest BCUT2D eigenvalue weighted by molar-refractivity contribution is 8.76. The Balaban J connectivity index is 1.20. The van der Waals surface area contributed by atoms with Gasteiger partial charge in [0.25, 0.3) is 11.5 Å². The van der Waals surface area contributed by atoms with Crippen LogP contribution in [0.4, 0.5) is 11.6 Å². The number of nitrogens with one attached hydrogen (secondary N) is 9. The zero-order valence-corrected chi connectivity index (χ0v) is 32.9. The third kappa shape index (κ3) is 18.1. The van der Waals surface area contributed by atoms with Crippen LogP contribution in [-0.4, -0.2) is 141 Å². The Morgan fingerprint density at radius 3 is 1.92 bits per heavy atom. The second-order valence-electron chi connectivity index (χ2n) is 11.9. The number of benzene rings is 1. The van der Waals surface area contributed by atoms with Gasteiger partial charge in [-0.25, -0.2) is 14.8 Å². The number of carboxylic acid groups (broad SMARTS) is 1. The molecule has 3 rings (SSSR count). The number of amides is 7. The summed E-state index contributed by atoms with van der Waals surface area (Å²) < 4.78 is 0. The number of aliphatic carboxylic acids is 1. The molecule has 7 amide bonds. The molecule has 0 saturated carbocycles. The quantitative estimate of drug-likeness (QED) is 0.0285. The molecule has 1 aromatic carbocycles. The van der Waals surface area contributed by atoms with Gasteiger partial charge in [-0.05, 0) is 30.7 Å². The summed E-state index contributed by atoms with van der Waals surface area (Å²) in [6.07, 6.45) is 1.74. The number of H-pyrrole nitrogens is 1. The van der Waals surface area contributed by atoms with Crippen molar-refractivity contribution < 1.29 is 48.6 Å². The number of aliphatic hydroxyl groups is 1. The molecule has 2 aromatic heterocycles. The standard InChI is InChI=1S/C33H43N13O11S2/c34-33-45-29-28(31(55)46-33)43-20(11-42-29)10-36-19-5-3-18(4-6-19)30(54)35-7-1-2-22(48)37-12-23(49)38-13-24(50)39-14-25(51)40-15-26(52)41-16-27(53)44-21(32(56)57)17-59-58-9-8-47/h3-6,11,21,36,47H,1-2,7-10,12-17H2,(H,35,54)(H,37,48)(H,38,49)(H,39,50)(H,40,51)(H,41,52)(H,44,53)(H,56,57)(H3,34,42,45,46,55). The van der Waals surface area contributed by atoms with Crippen LogP contribution in [0.2, 0.25) is 0 Å². The number of carbonyl (C=O) groups is 8. The van der Waals surface area contributed by atoms with Crippen LogP contribution >= 0.6 is 21.6 Å². The third-order valence-electron chi connectivity index (χ3n) is 7.33. The fourth-order valence-electron chi connectivity index (χ4n) is 4.41. The van der Waals surface area contributed by atoms with Crippen molar-refractivity contribution in [3.05, 3.63) is 52.1 Å². The largest absolute Gasteiger partial charge is 0.480 e. The maximum absolute atomic E-state index is 12.5. The predicted molar refractivity (Wildman–Crippen MR) is 214 cm³/mol. The molecule has 0 aliphatic heterocycles. The summed E-state index contributed by atoms with van der Waals surface area (Å²) in [5, 5.41) is 37.4. The van der Waals surface area contributed by atoms with E-state index in [1.807, 2.05) is 0 Å². The molecule has 0 aliphatic carbocycles. The van der Waals surface area contributed by atoms with Crippen LogP contribution in [-0.2, 0) is 40.1 Å². The zero-order valence-electron chi connectivity index (χ0n) is 31.3. The first-order chi connectivity index (χ1) is 28.2. The van der Waals surface area contributed by atoms with E-state index in [-0.39, 0.29) is 61.3 Å². The van der Waals surface area contributed by atoms with E-state index in [9.17, 15) is 48.3 Å². The predicted octanol–water partition coefficient (Wildman–Crippen LogP) is -4.06. The van der Waals surface area contributed by atoms with Crippen LogP contribution in [0.15, 0.2) is 35.3 Å². The number of hydrogen-bond donors (Lipinski definition) is 12. The molecule has 1 atom stereocenters. The molecule has 24 nitrogen and oxygen atoms in total. The van der Waals surface area contributed by atoms with Gasteiger partial charge in [0.15, 0.2) is 11.2 Å². The summed E-state index contributed by atoms with van der Waals surface area (Å²) in [6, 6.07) is 5.35. The average Bonchev–Trinajstić information content (AvgIpc) is 3.21. The molecule has 0 aliphatic rings. The SMILES string of the molecule is Nc1nc2ncc(CNc3ccc(C(=O)NCCCC(=O)NCC(=O)NCC(=O)NCC(=O)NCC(=O)NCC(=O)NC(CSSCCO)C(=O)O)cc3)nc2c(=O)[nH]1. The fourth-order valence-corrected chi connectivity index (χ4v) is 6.33. The summed E-state index contributed by atoms with van der Waals surface area (Å²) in [5.74, 6) is -5.44. The van der Waals surface area contributed by atoms with Crippen LogP contribution < -0.4 is 53.8 Å². The van der Waals surface area contributed by atoms with Gasteiger partial charge in [0.1, 0.15) is 6.04 Å². The van der Waals surface area contributed by atoms with Gasteiger partial charge in [0.05, 0.1) is 57.8 Å². The number of aromatic amines is 1. The topological polar surface area (TPSA) is 371 Å². The van der Waals surface area contributed by atoms with Gasteiger partial charge in [-0.15, -0.1) is 0 Å². The number of nitrogens with two attached hydrogens (primary N) is 1. The van der Waals surface area contributed by atoms with E-state index in [0.29, 0.717) is 22.7 Å². The second-order valence-corrected chi connectivity index (χ2v) is 14.6. The highest BCUT2D eigenvalue weighted by Crippen LogP contribution is 2.21. The van der Waals surface area contributed by atoms with Crippen molar-refractivity contribution in [3.63, 3.8) is 0 Å². The Morgan fingerprint density at radius 2 is 1.34 bits per heavy atom. The Bertz CT molecular complexity index is 2040. The van der Waals surface area contributed by atoms with Crippen LogP contribution in [0.3, 0.4) is 0 Å². The molecular formula is C33H43N13O11S2. The van der Waals surface area contributed by atoms with Crippen LogP contribution in [0.1, 0.15) is 28.9 Å². The molecule has 0 spiro atoms. The third-order valence-corrected chi connectivity index (χ3v) is 9.72. The molecule has 0 bridgehead atoms. The van der Waals surface area contributed by atoms with E-state index in [1.165, 1.54) is 17.0 Å². The van der Waals surface area contributed by atoms with Gasteiger partial charge in [-0.2, -0.15) is 4.98 Å². The maximum Gasteiger partial charge on any atom is 0.327 e. The lowest BCUT2D eigenvalue weighted by atomic mass is 10.2. The van der Waals surface area contributed by atoms with E-state index in [0.717, 1.165) is 10.8 Å². The molecule has 318 valence electrons. The van der Waals surface area contributed by atoms with Crippen molar-refractivity contribution in [1.82, 2.24) is 57.2 Å². The number of aliphatic hydroxyl groups excluding tert-OH is 1. The Labute approximate surface area is 342 Å². The van der Waals surface area contributed by atoms with E-state index in [4.69, 9.17) is 10.8 Å². The van der Waals surface area contributed by atoms with Gasteiger partial charge in [-0.1, -0.05) is 21.6 Å². The lowest BCUT2D eigenvalue weighted by molar-refractivity contribution is -0.141. The van der Waals surface area contributed by atoms with Crippen molar-refractivity contribution in [3.8, 4) is 0 Å². The van der Waals surface area contributed by atoms with Crippen molar-refractivity contribution in [2.75, 3.05) is 68.4 Å². The molecular weight excluding hydrogens is 819 g/mol. The minimum absolute atomic E-state index is 0.000684. The van der Waals surface area contributed by atoms with Gasteiger partial charge in [0.2, 0.25) is 41.4 Å². The Kier molecular flexibility index (Phi) is 19.8. The van der Waals surface area contributed by atoms with Crippen molar-refractivity contribution in [1.29, 1.82) is 0 Å².